The van der Waals surface area contributed by atoms with E-state index in [2.05, 4.69) is 10.6 Å². The molecule has 1 unspecified atom stereocenters. The lowest BCUT2D eigenvalue weighted by molar-refractivity contribution is -0.138. The molecule has 0 aliphatic carbocycles. The summed E-state index contributed by atoms with van der Waals surface area (Å²) in [7, 11) is 0. The molecule has 1 saturated heterocycles. The minimum atomic E-state index is -4.27. The van der Waals surface area contributed by atoms with E-state index in [1.165, 1.54) is 12.1 Å². The molecule has 1 heterocycles. The van der Waals surface area contributed by atoms with Gasteiger partial charge in [0.25, 0.3) is 0 Å². The molecule has 2 nitrogen and oxygen atoms in total. The van der Waals surface area contributed by atoms with Crippen molar-refractivity contribution in [3.8, 4) is 0 Å². The van der Waals surface area contributed by atoms with E-state index in [0.29, 0.717) is 5.56 Å². The fourth-order valence-electron chi connectivity index (χ4n) is 2.03. The van der Waals surface area contributed by atoms with E-state index in [4.69, 9.17) is 0 Å². The fraction of sp³-hybridized carbons (Fsp3) is 0.500. The molecule has 5 heteroatoms. The summed E-state index contributed by atoms with van der Waals surface area (Å²) in [6.07, 6.45) is -3.31. The Morgan fingerprint density at radius 2 is 2.06 bits per heavy atom. The number of halogens is 3. The van der Waals surface area contributed by atoms with Crippen LogP contribution in [0, 0.1) is 0 Å². The maximum atomic E-state index is 12.7. The lowest BCUT2D eigenvalue weighted by Gasteiger charge is -2.15. The summed E-state index contributed by atoms with van der Waals surface area (Å²) in [5.41, 5.74) is -0.231. The zero-order valence-corrected chi connectivity index (χ0v) is 9.35. The number of benzene rings is 1. The molecule has 0 radical (unpaired) electrons. The Morgan fingerprint density at radius 1 is 1.29 bits per heavy atom. The van der Waals surface area contributed by atoms with E-state index in [1.54, 1.807) is 6.07 Å². The average Bonchev–Trinajstić information content (AvgIpc) is 2.78. The molecule has 1 fully saturated rings. The Labute approximate surface area is 98.2 Å². The highest BCUT2D eigenvalue weighted by Gasteiger charge is 2.32. The van der Waals surface area contributed by atoms with Crippen molar-refractivity contribution < 1.29 is 13.2 Å². The predicted octanol–water partition coefficient (Wildman–Crippen LogP) is 2.16. The maximum Gasteiger partial charge on any atom is 0.416 e. The van der Waals surface area contributed by atoms with Crippen molar-refractivity contribution in [2.75, 3.05) is 13.1 Å². The third-order valence-corrected chi connectivity index (χ3v) is 2.96. The number of hydrogen-bond donors (Lipinski definition) is 2. The van der Waals surface area contributed by atoms with E-state index in [-0.39, 0.29) is 12.6 Å². The molecule has 0 amide bonds. The van der Waals surface area contributed by atoms with Gasteiger partial charge in [-0.1, -0.05) is 18.2 Å². The van der Waals surface area contributed by atoms with Crippen molar-refractivity contribution >= 4 is 0 Å². The van der Waals surface area contributed by atoms with Gasteiger partial charge in [0.15, 0.2) is 0 Å². The number of rotatable bonds is 3. The first-order valence-corrected chi connectivity index (χ1v) is 5.66. The van der Waals surface area contributed by atoms with Crippen molar-refractivity contribution in [2.24, 2.45) is 0 Å². The molecular formula is C12H15F3N2. The van der Waals surface area contributed by atoms with Crippen LogP contribution in [0.25, 0.3) is 0 Å². The van der Waals surface area contributed by atoms with Crippen LogP contribution in [-0.2, 0) is 12.7 Å². The van der Waals surface area contributed by atoms with E-state index in [1.807, 2.05) is 0 Å². The van der Waals surface area contributed by atoms with Crippen LogP contribution in [0.15, 0.2) is 24.3 Å². The van der Waals surface area contributed by atoms with Crippen LogP contribution < -0.4 is 10.6 Å². The highest BCUT2D eigenvalue weighted by atomic mass is 19.4. The largest absolute Gasteiger partial charge is 0.416 e. The molecule has 0 aromatic heterocycles. The van der Waals surface area contributed by atoms with Gasteiger partial charge in [-0.3, -0.25) is 0 Å². The molecule has 2 N–H and O–H groups in total. The number of alkyl halides is 3. The summed E-state index contributed by atoms with van der Waals surface area (Å²) >= 11 is 0. The summed E-state index contributed by atoms with van der Waals surface area (Å²) in [6, 6.07) is 5.99. The molecule has 94 valence electrons. The number of nitrogens with one attached hydrogen (secondary N) is 2. The van der Waals surface area contributed by atoms with Gasteiger partial charge >= 0.3 is 6.18 Å². The summed E-state index contributed by atoms with van der Waals surface area (Å²) < 4.78 is 38.1. The predicted molar refractivity (Wildman–Crippen MR) is 59.6 cm³/mol. The van der Waals surface area contributed by atoms with Gasteiger partial charge in [-0.15, -0.1) is 0 Å². The Bertz CT molecular complexity index is 370. The van der Waals surface area contributed by atoms with Gasteiger partial charge in [0.05, 0.1) is 5.56 Å². The van der Waals surface area contributed by atoms with E-state index >= 15 is 0 Å². The van der Waals surface area contributed by atoms with Crippen LogP contribution in [-0.4, -0.2) is 19.1 Å². The van der Waals surface area contributed by atoms with E-state index < -0.39 is 11.7 Å². The Morgan fingerprint density at radius 3 is 2.71 bits per heavy atom. The molecule has 17 heavy (non-hydrogen) atoms. The van der Waals surface area contributed by atoms with Gasteiger partial charge in [-0.05, 0) is 24.6 Å². The van der Waals surface area contributed by atoms with Crippen molar-refractivity contribution in [1.82, 2.24) is 10.6 Å². The summed E-state index contributed by atoms with van der Waals surface area (Å²) in [5.74, 6) is 0. The zero-order valence-electron chi connectivity index (χ0n) is 9.35. The molecule has 2 rings (SSSR count). The second-order valence-electron chi connectivity index (χ2n) is 4.23. The summed E-state index contributed by atoms with van der Waals surface area (Å²) in [4.78, 5) is 0. The smallest absolute Gasteiger partial charge is 0.315 e. The Balaban J connectivity index is 2.04. The topological polar surface area (TPSA) is 24.1 Å². The Kier molecular flexibility index (Phi) is 3.69. The van der Waals surface area contributed by atoms with Crippen LogP contribution in [0.2, 0.25) is 0 Å². The van der Waals surface area contributed by atoms with Crippen molar-refractivity contribution in [3.05, 3.63) is 35.4 Å². The fourth-order valence-corrected chi connectivity index (χ4v) is 2.03. The molecule has 0 spiro atoms. The SMILES string of the molecule is FC(F)(F)c1ccccc1CNC1CCNC1. The average molecular weight is 244 g/mol. The molecule has 1 aliphatic heterocycles. The van der Waals surface area contributed by atoms with Gasteiger partial charge in [-0.25, -0.2) is 0 Å². The van der Waals surface area contributed by atoms with Crippen LogP contribution in [0.4, 0.5) is 13.2 Å². The van der Waals surface area contributed by atoms with Crippen molar-refractivity contribution in [1.29, 1.82) is 0 Å². The second kappa shape index (κ2) is 5.06. The third kappa shape index (κ3) is 3.20. The van der Waals surface area contributed by atoms with Crippen molar-refractivity contribution in [2.45, 2.75) is 25.2 Å². The molecule has 1 aromatic carbocycles. The maximum absolute atomic E-state index is 12.7. The minimum Gasteiger partial charge on any atom is -0.315 e. The van der Waals surface area contributed by atoms with Crippen LogP contribution in [0.1, 0.15) is 17.5 Å². The van der Waals surface area contributed by atoms with Crippen LogP contribution in [0.5, 0.6) is 0 Å². The molecule has 0 saturated carbocycles. The van der Waals surface area contributed by atoms with Gasteiger partial charge in [0, 0.05) is 19.1 Å². The normalized spacial score (nSPS) is 20.8. The quantitative estimate of drug-likeness (QED) is 0.851. The highest BCUT2D eigenvalue weighted by molar-refractivity contribution is 5.29. The minimum absolute atomic E-state index is 0.266. The molecular weight excluding hydrogens is 229 g/mol. The van der Waals surface area contributed by atoms with Gasteiger partial charge in [0.1, 0.15) is 0 Å². The molecule has 1 atom stereocenters. The summed E-state index contributed by atoms with van der Waals surface area (Å²) in [6.45, 7) is 2.02. The molecule has 0 bridgehead atoms. The second-order valence-corrected chi connectivity index (χ2v) is 4.23. The van der Waals surface area contributed by atoms with Gasteiger partial charge in [0.2, 0.25) is 0 Å². The van der Waals surface area contributed by atoms with Crippen LogP contribution in [0.3, 0.4) is 0 Å². The zero-order chi connectivity index (χ0) is 12.3. The van der Waals surface area contributed by atoms with Crippen LogP contribution >= 0.6 is 0 Å². The standard InChI is InChI=1S/C12H15F3N2/c13-12(14,15)11-4-2-1-3-9(11)7-17-10-5-6-16-8-10/h1-4,10,16-17H,5-8H2. The molecule has 1 aliphatic rings. The number of hydrogen-bond acceptors (Lipinski definition) is 2. The lowest BCUT2D eigenvalue weighted by Crippen LogP contribution is -2.31. The van der Waals surface area contributed by atoms with E-state index in [0.717, 1.165) is 25.6 Å². The highest BCUT2D eigenvalue weighted by Crippen LogP contribution is 2.31. The lowest BCUT2D eigenvalue weighted by atomic mass is 10.1. The van der Waals surface area contributed by atoms with E-state index in [9.17, 15) is 13.2 Å². The van der Waals surface area contributed by atoms with Gasteiger partial charge < -0.3 is 10.6 Å². The monoisotopic (exact) mass is 244 g/mol. The van der Waals surface area contributed by atoms with Gasteiger partial charge in [-0.2, -0.15) is 13.2 Å². The Hall–Kier alpha value is -1.07. The van der Waals surface area contributed by atoms with Crippen molar-refractivity contribution in [3.63, 3.8) is 0 Å². The molecule has 1 aromatic rings. The first kappa shape index (κ1) is 12.4. The summed E-state index contributed by atoms with van der Waals surface area (Å²) in [5, 5.41) is 6.32. The first-order chi connectivity index (χ1) is 8.07. The third-order valence-electron chi connectivity index (χ3n) is 2.96. The first-order valence-electron chi connectivity index (χ1n) is 5.66.